The molecule has 1 aliphatic rings. The van der Waals surface area contributed by atoms with Crippen molar-refractivity contribution in [1.82, 2.24) is 0 Å². The molecular formula is C30H28O8. The maximum absolute atomic E-state index is 13.1. The van der Waals surface area contributed by atoms with E-state index in [1.54, 1.807) is 43.5 Å². The fraction of sp³-hybridized carbons (Fsp3) is 0.233. The summed E-state index contributed by atoms with van der Waals surface area (Å²) in [5, 5.41) is 11.1. The molecule has 196 valence electrons. The second-order valence-electron chi connectivity index (χ2n) is 8.66. The standard InChI is InChI=1S/C30H28O8/c1-35-20-11-8-18(9-12-20)14-15-38-24-13-10-19(16-25(24)36-2)23(17-26(31)37-3)27-28(32)21-6-4-5-7-22(21)29(33)30(27)34/h4-13,16,23,32H,14-15,17H2,1-3H3/t23-/m0/s1. The van der Waals surface area contributed by atoms with Crippen molar-refractivity contribution >= 4 is 23.3 Å². The van der Waals surface area contributed by atoms with Gasteiger partial charge in [-0.3, -0.25) is 14.4 Å². The molecule has 0 aromatic heterocycles. The Bertz CT molecular complexity index is 1390. The molecule has 38 heavy (non-hydrogen) atoms. The summed E-state index contributed by atoms with van der Waals surface area (Å²) in [4.78, 5) is 38.3. The summed E-state index contributed by atoms with van der Waals surface area (Å²) in [6.45, 7) is 0.378. The summed E-state index contributed by atoms with van der Waals surface area (Å²) in [7, 11) is 4.33. The predicted molar refractivity (Wildman–Crippen MR) is 140 cm³/mol. The van der Waals surface area contributed by atoms with Crippen LogP contribution in [0, 0.1) is 0 Å². The van der Waals surface area contributed by atoms with Gasteiger partial charge in [-0.25, -0.2) is 0 Å². The Kier molecular flexibility index (Phi) is 8.11. The Morgan fingerprint density at radius 1 is 0.842 bits per heavy atom. The van der Waals surface area contributed by atoms with Crippen LogP contribution in [0.5, 0.6) is 17.2 Å². The van der Waals surface area contributed by atoms with E-state index in [-0.39, 0.29) is 28.9 Å². The van der Waals surface area contributed by atoms with Crippen molar-refractivity contribution in [3.8, 4) is 17.2 Å². The van der Waals surface area contributed by atoms with Crippen LogP contribution in [0.1, 0.15) is 39.4 Å². The number of benzene rings is 3. The van der Waals surface area contributed by atoms with Crippen LogP contribution in [0.25, 0.3) is 5.76 Å². The number of carbonyl (C=O) groups is 3. The SMILES string of the molecule is COC(=O)C[C@H](C1=C(O)c2ccccc2C(=O)C1=O)c1ccc(OCCc2ccc(OC)cc2)c(OC)c1. The molecule has 3 aromatic carbocycles. The van der Waals surface area contributed by atoms with Crippen LogP contribution in [0.3, 0.4) is 0 Å². The van der Waals surface area contributed by atoms with Gasteiger partial charge in [-0.05, 0) is 35.4 Å². The number of ether oxygens (including phenoxy) is 4. The third-order valence-electron chi connectivity index (χ3n) is 6.48. The monoisotopic (exact) mass is 516 g/mol. The molecule has 0 heterocycles. The van der Waals surface area contributed by atoms with Crippen molar-refractivity contribution in [3.63, 3.8) is 0 Å². The molecule has 0 saturated heterocycles. The number of rotatable bonds is 10. The number of hydrogen-bond donors (Lipinski definition) is 1. The summed E-state index contributed by atoms with van der Waals surface area (Å²) in [5.74, 6) is -1.88. The van der Waals surface area contributed by atoms with Gasteiger partial charge in [0, 0.05) is 23.5 Å². The maximum atomic E-state index is 13.1. The quantitative estimate of drug-likeness (QED) is 0.305. The number of methoxy groups -OCH3 is 3. The number of Topliss-reactive ketones (excluding diaryl/α,β-unsaturated/α-hetero) is 2. The molecule has 1 atom stereocenters. The van der Waals surface area contributed by atoms with Gasteiger partial charge in [0.15, 0.2) is 11.5 Å². The zero-order chi connectivity index (χ0) is 27.2. The largest absolute Gasteiger partial charge is 0.507 e. The van der Waals surface area contributed by atoms with Gasteiger partial charge in [0.2, 0.25) is 11.6 Å². The molecule has 0 saturated carbocycles. The molecule has 1 aliphatic carbocycles. The number of aliphatic hydroxyl groups is 1. The Hall–Kier alpha value is -4.59. The highest BCUT2D eigenvalue weighted by molar-refractivity contribution is 6.52. The fourth-order valence-corrected chi connectivity index (χ4v) is 4.44. The first-order valence-electron chi connectivity index (χ1n) is 12.0. The van der Waals surface area contributed by atoms with Gasteiger partial charge in [-0.1, -0.05) is 42.5 Å². The van der Waals surface area contributed by atoms with Crippen molar-refractivity contribution in [2.75, 3.05) is 27.9 Å². The molecular weight excluding hydrogens is 488 g/mol. The summed E-state index contributed by atoms with van der Waals surface area (Å²) in [6.07, 6.45) is 0.383. The fourth-order valence-electron chi connectivity index (χ4n) is 4.44. The lowest BCUT2D eigenvalue weighted by atomic mass is 9.78. The number of allylic oxidation sites excluding steroid dienone is 1. The van der Waals surface area contributed by atoms with E-state index in [0.29, 0.717) is 30.1 Å². The van der Waals surface area contributed by atoms with Gasteiger partial charge in [0.25, 0.3) is 0 Å². The lowest BCUT2D eigenvalue weighted by molar-refractivity contribution is -0.140. The van der Waals surface area contributed by atoms with Crippen LogP contribution in [-0.4, -0.2) is 50.6 Å². The minimum absolute atomic E-state index is 0.119. The van der Waals surface area contributed by atoms with E-state index < -0.39 is 23.5 Å². The third-order valence-corrected chi connectivity index (χ3v) is 6.48. The number of aliphatic hydroxyl groups excluding tert-OH is 1. The highest BCUT2D eigenvalue weighted by Gasteiger charge is 2.38. The van der Waals surface area contributed by atoms with Crippen molar-refractivity contribution in [2.45, 2.75) is 18.8 Å². The predicted octanol–water partition coefficient (Wildman–Crippen LogP) is 4.71. The van der Waals surface area contributed by atoms with Crippen molar-refractivity contribution in [2.24, 2.45) is 0 Å². The molecule has 0 amide bonds. The van der Waals surface area contributed by atoms with Crippen molar-refractivity contribution in [1.29, 1.82) is 0 Å². The average Bonchev–Trinajstić information content (AvgIpc) is 2.95. The van der Waals surface area contributed by atoms with E-state index in [0.717, 1.165) is 11.3 Å². The zero-order valence-corrected chi connectivity index (χ0v) is 21.4. The number of carbonyl (C=O) groups excluding carboxylic acids is 3. The minimum Gasteiger partial charge on any atom is -0.507 e. The molecule has 8 nitrogen and oxygen atoms in total. The zero-order valence-electron chi connectivity index (χ0n) is 21.4. The first-order chi connectivity index (χ1) is 18.4. The Balaban J connectivity index is 1.64. The molecule has 0 unspecified atom stereocenters. The van der Waals surface area contributed by atoms with E-state index in [2.05, 4.69) is 0 Å². The molecule has 0 radical (unpaired) electrons. The van der Waals surface area contributed by atoms with Gasteiger partial charge < -0.3 is 24.1 Å². The summed E-state index contributed by atoms with van der Waals surface area (Å²) in [5.41, 5.74) is 1.76. The summed E-state index contributed by atoms with van der Waals surface area (Å²) < 4.78 is 21.5. The van der Waals surface area contributed by atoms with Crippen molar-refractivity contribution < 1.29 is 38.4 Å². The highest BCUT2D eigenvalue weighted by atomic mass is 16.5. The first-order valence-corrected chi connectivity index (χ1v) is 12.0. The van der Waals surface area contributed by atoms with Gasteiger partial charge in [0.1, 0.15) is 11.5 Å². The molecule has 3 aromatic rings. The van der Waals surface area contributed by atoms with Crippen LogP contribution in [0.15, 0.2) is 72.3 Å². The molecule has 0 spiro atoms. The number of hydrogen-bond acceptors (Lipinski definition) is 8. The van der Waals surface area contributed by atoms with Crippen LogP contribution in [-0.2, 0) is 20.7 Å². The number of esters is 1. The first kappa shape index (κ1) is 26.5. The van der Waals surface area contributed by atoms with E-state index in [4.69, 9.17) is 18.9 Å². The molecule has 0 aliphatic heterocycles. The summed E-state index contributed by atoms with van der Waals surface area (Å²) >= 11 is 0. The number of fused-ring (bicyclic) bond motifs is 1. The topological polar surface area (TPSA) is 108 Å². The van der Waals surface area contributed by atoms with Gasteiger partial charge in [0.05, 0.1) is 39.9 Å². The Morgan fingerprint density at radius 2 is 1.55 bits per heavy atom. The van der Waals surface area contributed by atoms with E-state index in [9.17, 15) is 19.5 Å². The van der Waals surface area contributed by atoms with Gasteiger partial charge >= 0.3 is 5.97 Å². The van der Waals surface area contributed by atoms with Crippen molar-refractivity contribution in [3.05, 3.63) is 94.6 Å². The second-order valence-corrected chi connectivity index (χ2v) is 8.66. The molecule has 0 fully saturated rings. The molecule has 4 rings (SSSR count). The maximum Gasteiger partial charge on any atom is 0.306 e. The minimum atomic E-state index is -0.950. The second kappa shape index (κ2) is 11.6. The van der Waals surface area contributed by atoms with Crippen LogP contribution in [0.4, 0.5) is 0 Å². The average molecular weight is 517 g/mol. The molecule has 0 bridgehead atoms. The van der Waals surface area contributed by atoms with Crippen LogP contribution >= 0.6 is 0 Å². The lowest BCUT2D eigenvalue weighted by Crippen LogP contribution is -2.28. The van der Waals surface area contributed by atoms with E-state index >= 15 is 0 Å². The van der Waals surface area contributed by atoms with E-state index in [1.165, 1.54) is 20.3 Å². The van der Waals surface area contributed by atoms with Crippen LogP contribution < -0.4 is 14.2 Å². The van der Waals surface area contributed by atoms with Gasteiger partial charge in [-0.2, -0.15) is 0 Å². The molecule has 8 heteroatoms. The van der Waals surface area contributed by atoms with Crippen LogP contribution in [0.2, 0.25) is 0 Å². The Morgan fingerprint density at radius 3 is 2.21 bits per heavy atom. The Labute approximate surface area is 220 Å². The van der Waals surface area contributed by atoms with Gasteiger partial charge in [-0.15, -0.1) is 0 Å². The smallest absolute Gasteiger partial charge is 0.306 e. The highest BCUT2D eigenvalue weighted by Crippen LogP contribution is 2.40. The third kappa shape index (κ3) is 5.39. The normalized spacial score (nSPS) is 13.6. The van der Waals surface area contributed by atoms with E-state index in [1.807, 2.05) is 24.3 Å². The summed E-state index contributed by atoms with van der Waals surface area (Å²) in [6, 6.07) is 19.0. The lowest BCUT2D eigenvalue weighted by Gasteiger charge is -2.25. The number of ketones is 2. The molecule has 1 N–H and O–H groups in total.